The Hall–Kier alpha value is -2.84. The maximum Gasteiger partial charge on any atom is 0.433 e. The molecule has 168 valence electrons. The van der Waals surface area contributed by atoms with E-state index >= 15 is 0 Å². The highest BCUT2D eigenvalue weighted by Crippen LogP contribution is 2.32. The van der Waals surface area contributed by atoms with Gasteiger partial charge in [-0.25, -0.2) is 4.98 Å². The van der Waals surface area contributed by atoms with Gasteiger partial charge in [0.05, 0.1) is 23.0 Å². The number of nitrogen functional groups attached to an aromatic ring is 1. The number of nitrogens with zero attached hydrogens (tertiary/aromatic N) is 3. The van der Waals surface area contributed by atoms with E-state index in [0.29, 0.717) is 41.6 Å². The van der Waals surface area contributed by atoms with E-state index in [-0.39, 0.29) is 18.3 Å². The Morgan fingerprint density at radius 3 is 2.52 bits per heavy atom. The van der Waals surface area contributed by atoms with Crippen molar-refractivity contribution >= 4 is 17.4 Å². The molecule has 2 aromatic rings. The van der Waals surface area contributed by atoms with Gasteiger partial charge < -0.3 is 16.0 Å². The van der Waals surface area contributed by atoms with Gasteiger partial charge in [-0.3, -0.25) is 9.78 Å². The maximum absolute atomic E-state index is 13.2. The summed E-state index contributed by atoms with van der Waals surface area (Å²) in [5.41, 5.74) is 7.19. The zero-order valence-corrected chi connectivity index (χ0v) is 18.0. The van der Waals surface area contributed by atoms with Crippen molar-refractivity contribution in [1.82, 2.24) is 15.3 Å². The molecule has 31 heavy (non-hydrogen) atoms. The Morgan fingerprint density at radius 2 is 1.90 bits per heavy atom. The third kappa shape index (κ3) is 5.45. The van der Waals surface area contributed by atoms with Crippen LogP contribution in [0.25, 0.3) is 0 Å². The van der Waals surface area contributed by atoms with Crippen LogP contribution in [0.15, 0.2) is 24.3 Å². The third-order valence-corrected chi connectivity index (χ3v) is 5.77. The second-order valence-electron chi connectivity index (χ2n) is 8.20. The lowest BCUT2D eigenvalue weighted by Crippen LogP contribution is -2.35. The van der Waals surface area contributed by atoms with Crippen LogP contribution in [0.2, 0.25) is 0 Å². The van der Waals surface area contributed by atoms with Crippen LogP contribution < -0.4 is 16.0 Å². The predicted molar refractivity (Wildman–Crippen MR) is 113 cm³/mol. The molecule has 0 aromatic carbocycles. The summed E-state index contributed by atoms with van der Waals surface area (Å²) < 4.78 is 39.7. The number of piperidine rings is 1. The van der Waals surface area contributed by atoms with Gasteiger partial charge in [0.25, 0.3) is 0 Å². The van der Waals surface area contributed by atoms with Gasteiger partial charge in [-0.15, -0.1) is 0 Å². The number of pyridine rings is 2. The quantitative estimate of drug-likeness (QED) is 0.741. The molecule has 3 N–H and O–H groups in total. The van der Waals surface area contributed by atoms with Crippen LogP contribution in [-0.2, 0) is 17.5 Å². The van der Waals surface area contributed by atoms with Gasteiger partial charge in [0, 0.05) is 25.2 Å². The number of aryl methyl sites for hydroxylation is 1. The average molecular weight is 435 g/mol. The summed E-state index contributed by atoms with van der Waals surface area (Å²) in [6, 6.07) is 5.77. The Bertz CT molecular complexity index is 939. The number of nitrogens with two attached hydrogens (primary N) is 1. The Kier molecular flexibility index (Phi) is 6.71. The fourth-order valence-electron chi connectivity index (χ4n) is 3.57. The molecule has 3 rings (SSSR count). The zero-order chi connectivity index (χ0) is 22.8. The van der Waals surface area contributed by atoms with Crippen molar-refractivity contribution in [2.75, 3.05) is 23.7 Å². The number of amides is 1. The number of aromatic nitrogens is 2. The second-order valence-corrected chi connectivity index (χ2v) is 8.20. The first-order valence-corrected chi connectivity index (χ1v) is 10.4. The van der Waals surface area contributed by atoms with Gasteiger partial charge in [0.2, 0.25) is 5.91 Å². The minimum Gasteiger partial charge on any atom is -0.397 e. The first-order valence-electron chi connectivity index (χ1n) is 10.4. The molecule has 0 aliphatic carbocycles. The van der Waals surface area contributed by atoms with Gasteiger partial charge in [-0.05, 0) is 50.8 Å². The van der Waals surface area contributed by atoms with Crippen LogP contribution in [0.4, 0.5) is 24.7 Å². The average Bonchev–Trinajstić information content (AvgIpc) is 2.73. The minimum atomic E-state index is -4.52. The number of hydrogen-bond acceptors (Lipinski definition) is 5. The highest BCUT2D eigenvalue weighted by atomic mass is 19.4. The number of nitrogens with one attached hydrogen (secondary N) is 1. The molecule has 1 unspecified atom stereocenters. The number of halogens is 3. The lowest BCUT2D eigenvalue weighted by molar-refractivity contribution is -0.141. The molecule has 2 aromatic heterocycles. The molecular weight excluding hydrogens is 407 g/mol. The molecule has 1 fully saturated rings. The molecule has 0 spiro atoms. The van der Waals surface area contributed by atoms with Crippen molar-refractivity contribution in [3.63, 3.8) is 0 Å². The van der Waals surface area contributed by atoms with E-state index in [9.17, 15) is 18.0 Å². The number of hydrogen-bond donors (Lipinski definition) is 2. The smallest absolute Gasteiger partial charge is 0.397 e. The molecule has 6 nitrogen and oxygen atoms in total. The number of anilines is 2. The number of carbonyl (C=O) groups excluding carboxylic acids is 1. The van der Waals surface area contributed by atoms with Crippen LogP contribution in [-0.4, -0.2) is 29.0 Å². The van der Waals surface area contributed by atoms with Crippen molar-refractivity contribution < 1.29 is 18.0 Å². The van der Waals surface area contributed by atoms with Gasteiger partial charge >= 0.3 is 6.18 Å². The summed E-state index contributed by atoms with van der Waals surface area (Å²) in [4.78, 5) is 22.8. The van der Waals surface area contributed by atoms with E-state index in [4.69, 9.17) is 5.73 Å². The molecule has 1 aliphatic heterocycles. The zero-order valence-electron chi connectivity index (χ0n) is 18.0. The van der Waals surface area contributed by atoms with Crippen molar-refractivity contribution in [2.45, 2.75) is 52.3 Å². The van der Waals surface area contributed by atoms with E-state index in [2.05, 4.69) is 22.2 Å². The van der Waals surface area contributed by atoms with Crippen LogP contribution in [0.1, 0.15) is 55.3 Å². The normalized spacial score (nSPS) is 16.3. The second kappa shape index (κ2) is 9.11. The molecule has 1 saturated heterocycles. The van der Waals surface area contributed by atoms with Crippen molar-refractivity contribution in [2.24, 2.45) is 5.92 Å². The van der Waals surface area contributed by atoms with Crippen LogP contribution in [0, 0.1) is 12.8 Å². The predicted octanol–water partition coefficient (Wildman–Crippen LogP) is 4.04. The van der Waals surface area contributed by atoms with Crippen LogP contribution in [0.3, 0.4) is 0 Å². The standard InChI is InChI=1S/C22H28F3N5O/c1-13-8-10-30(11-9-13)20-16(4-7-19(29-20)22(23,24)25)12-27-21(31)14(2)18-6-5-17(26)15(3)28-18/h4-7,13-14H,8-12,26H2,1-3H3,(H,27,31). The number of alkyl halides is 3. The Balaban J connectivity index is 1.78. The number of carbonyl (C=O) groups is 1. The molecular formula is C22H28F3N5O. The first-order chi connectivity index (χ1) is 14.6. The first kappa shape index (κ1) is 22.8. The largest absolute Gasteiger partial charge is 0.433 e. The number of rotatable bonds is 5. The van der Waals surface area contributed by atoms with Gasteiger partial charge in [-0.2, -0.15) is 13.2 Å². The molecule has 1 amide bonds. The SMILES string of the molecule is Cc1nc(C(C)C(=O)NCc2ccc(C(F)(F)F)nc2N2CCC(C)CC2)ccc1N. The lowest BCUT2D eigenvalue weighted by atomic mass is 9.99. The Labute approximate surface area is 180 Å². The van der Waals surface area contributed by atoms with Gasteiger partial charge in [0.15, 0.2) is 0 Å². The molecule has 1 aliphatic rings. The van der Waals surface area contributed by atoms with E-state index in [1.165, 1.54) is 6.07 Å². The van der Waals surface area contributed by atoms with E-state index in [1.54, 1.807) is 26.0 Å². The Morgan fingerprint density at radius 1 is 1.23 bits per heavy atom. The van der Waals surface area contributed by atoms with Gasteiger partial charge in [0.1, 0.15) is 11.5 Å². The molecule has 0 saturated carbocycles. The lowest BCUT2D eigenvalue weighted by Gasteiger charge is -2.33. The highest BCUT2D eigenvalue weighted by Gasteiger charge is 2.34. The summed E-state index contributed by atoms with van der Waals surface area (Å²) in [6.07, 6.45) is -2.74. The van der Waals surface area contributed by atoms with Crippen LogP contribution in [0.5, 0.6) is 0 Å². The van der Waals surface area contributed by atoms with E-state index in [1.807, 2.05) is 4.90 Å². The summed E-state index contributed by atoms with van der Waals surface area (Å²) in [5, 5.41) is 2.82. The fourth-order valence-corrected chi connectivity index (χ4v) is 3.57. The fraction of sp³-hybridized carbons (Fsp3) is 0.500. The van der Waals surface area contributed by atoms with Crippen molar-refractivity contribution in [3.05, 3.63) is 46.9 Å². The summed E-state index contributed by atoms with van der Waals surface area (Å²) in [6.45, 7) is 6.99. The van der Waals surface area contributed by atoms with Crippen molar-refractivity contribution in [1.29, 1.82) is 0 Å². The molecule has 1 atom stereocenters. The maximum atomic E-state index is 13.2. The highest BCUT2D eigenvalue weighted by molar-refractivity contribution is 5.83. The monoisotopic (exact) mass is 435 g/mol. The summed E-state index contributed by atoms with van der Waals surface area (Å²) >= 11 is 0. The van der Waals surface area contributed by atoms with Crippen LogP contribution >= 0.6 is 0 Å². The molecule has 0 bridgehead atoms. The van der Waals surface area contributed by atoms with Gasteiger partial charge in [-0.1, -0.05) is 13.0 Å². The topological polar surface area (TPSA) is 84.1 Å². The third-order valence-electron chi connectivity index (χ3n) is 5.77. The molecule has 0 radical (unpaired) electrons. The van der Waals surface area contributed by atoms with E-state index in [0.717, 1.165) is 18.9 Å². The molecule has 9 heteroatoms. The minimum absolute atomic E-state index is 0.0870. The molecule has 3 heterocycles. The summed E-state index contributed by atoms with van der Waals surface area (Å²) in [7, 11) is 0. The van der Waals surface area contributed by atoms with E-state index < -0.39 is 17.8 Å². The van der Waals surface area contributed by atoms with Crippen molar-refractivity contribution in [3.8, 4) is 0 Å². The summed E-state index contributed by atoms with van der Waals surface area (Å²) in [5.74, 6) is 0.0221.